The minimum Gasteiger partial charge on any atom is -0.350 e. The molecule has 2 nitrogen and oxygen atoms in total. The molecule has 0 unspecified atom stereocenters. The number of thiophene rings is 1. The van der Waals surface area contributed by atoms with Crippen molar-refractivity contribution >= 4 is 17.2 Å². The first-order valence-corrected chi connectivity index (χ1v) is 9.09. The fourth-order valence-corrected chi connectivity index (χ4v) is 3.37. The molecule has 2 aromatic carbocycles. The van der Waals surface area contributed by atoms with Crippen LogP contribution in [-0.2, 0) is 6.42 Å². The van der Waals surface area contributed by atoms with E-state index in [-0.39, 0.29) is 11.9 Å². The summed E-state index contributed by atoms with van der Waals surface area (Å²) < 4.78 is 0. The van der Waals surface area contributed by atoms with Crippen molar-refractivity contribution in [3.05, 3.63) is 83.2 Å². The normalized spacial score (nSPS) is 11.9. The van der Waals surface area contributed by atoms with Crippen molar-refractivity contribution in [3.63, 3.8) is 0 Å². The van der Waals surface area contributed by atoms with Crippen LogP contribution in [0, 0.1) is 0 Å². The van der Waals surface area contributed by atoms with Gasteiger partial charge < -0.3 is 5.32 Å². The Bertz CT molecular complexity index is 763. The Balaban J connectivity index is 1.54. The number of benzene rings is 2. The molecule has 3 aromatic rings. The maximum Gasteiger partial charge on any atom is 0.251 e. The van der Waals surface area contributed by atoms with Crippen molar-refractivity contribution in [2.24, 2.45) is 0 Å². The molecule has 0 aliphatic rings. The molecule has 1 atom stereocenters. The molecular formula is C21H21NOS. The summed E-state index contributed by atoms with van der Waals surface area (Å²) in [5.74, 6) is -0.00621. The lowest BCUT2D eigenvalue weighted by Gasteiger charge is -2.14. The van der Waals surface area contributed by atoms with Gasteiger partial charge in [0.1, 0.15) is 0 Å². The topological polar surface area (TPSA) is 29.1 Å². The molecular weight excluding hydrogens is 314 g/mol. The van der Waals surface area contributed by atoms with Gasteiger partial charge in [-0.3, -0.25) is 4.79 Å². The molecule has 0 aliphatic heterocycles. The van der Waals surface area contributed by atoms with Crippen LogP contribution in [0.5, 0.6) is 0 Å². The molecule has 3 heteroatoms. The third-order valence-electron chi connectivity index (χ3n) is 4.04. The fourth-order valence-electron chi connectivity index (χ4n) is 2.64. The van der Waals surface area contributed by atoms with Crippen LogP contribution in [0.25, 0.3) is 10.4 Å². The van der Waals surface area contributed by atoms with E-state index in [2.05, 4.69) is 35.8 Å². The molecule has 122 valence electrons. The van der Waals surface area contributed by atoms with Gasteiger partial charge in [-0.1, -0.05) is 48.5 Å². The van der Waals surface area contributed by atoms with Gasteiger partial charge >= 0.3 is 0 Å². The summed E-state index contributed by atoms with van der Waals surface area (Å²) in [6.07, 6.45) is 1.91. The third kappa shape index (κ3) is 4.33. The summed E-state index contributed by atoms with van der Waals surface area (Å²) in [6, 6.07) is 22.5. The average molecular weight is 335 g/mol. The second kappa shape index (κ2) is 7.93. The number of hydrogen-bond donors (Lipinski definition) is 1. The zero-order chi connectivity index (χ0) is 16.8. The molecule has 0 spiro atoms. The number of rotatable bonds is 6. The number of nitrogens with one attached hydrogen (secondary N) is 1. The van der Waals surface area contributed by atoms with E-state index in [1.807, 2.05) is 48.5 Å². The van der Waals surface area contributed by atoms with Crippen LogP contribution >= 0.6 is 11.3 Å². The number of carbonyl (C=O) groups excluding carboxylic acids is 1. The van der Waals surface area contributed by atoms with Crippen LogP contribution in [-0.4, -0.2) is 11.9 Å². The van der Waals surface area contributed by atoms with Gasteiger partial charge in [-0.05, 0) is 54.5 Å². The van der Waals surface area contributed by atoms with E-state index in [0.29, 0.717) is 5.56 Å². The van der Waals surface area contributed by atoms with Gasteiger partial charge in [0.25, 0.3) is 5.91 Å². The van der Waals surface area contributed by atoms with Gasteiger partial charge in [-0.2, -0.15) is 0 Å². The molecule has 0 saturated heterocycles. The summed E-state index contributed by atoms with van der Waals surface area (Å²) in [5, 5.41) is 5.14. The summed E-state index contributed by atoms with van der Waals surface area (Å²) in [5.41, 5.74) is 3.17. The van der Waals surface area contributed by atoms with Crippen LogP contribution in [0.4, 0.5) is 0 Å². The van der Waals surface area contributed by atoms with Crippen molar-refractivity contribution < 1.29 is 4.79 Å². The van der Waals surface area contributed by atoms with E-state index >= 15 is 0 Å². The minimum atomic E-state index is -0.00621. The Kier molecular flexibility index (Phi) is 5.44. The average Bonchev–Trinajstić information content (AvgIpc) is 3.16. The first-order chi connectivity index (χ1) is 11.7. The highest BCUT2D eigenvalue weighted by Crippen LogP contribution is 2.24. The Morgan fingerprint density at radius 1 is 1.00 bits per heavy atom. The monoisotopic (exact) mass is 335 g/mol. The summed E-state index contributed by atoms with van der Waals surface area (Å²) in [4.78, 5) is 13.6. The van der Waals surface area contributed by atoms with Gasteiger partial charge in [0.05, 0.1) is 0 Å². The van der Waals surface area contributed by atoms with E-state index < -0.39 is 0 Å². The Labute approximate surface area is 147 Å². The maximum absolute atomic E-state index is 12.4. The minimum absolute atomic E-state index is 0.00621. The lowest BCUT2D eigenvalue weighted by Crippen LogP contribution is -2.32. The van der Waals surface area contributed by atoms with Crippen LogP contribution < -0.4 is 5.32 Å². The quantitative estimate of drug-likeness (QED) is 0.662. The highest BCUT2D eigenvalue weighted by Gasteiger charge is 2.10. The lowest BCUT2D eigenvalue weighted by molar-refractivity contribution is 0.0938. The summed E-state index contributed by atoms with van der Waals surface area (Å²) in [6.45, 7) is 2.06. The second-order valence-electron chi connectivity index (χ2n) is 5.95. The molecule has 0 saturated carbocycles. The molecule has 0 radical (unpaired) electrons. The predicted molar refractivity (Wildman–Crippen MR) is 101 cm³/mol. The molecule has 1 amide bonds. The third-order valence-corrected chi connectivity index (χ3v) is 4.96. The smallest absolute Gasteiger partial charge is 0.251 e. The predicted octanol–water partition coefficient (Wildman–Crippen LogP) is 5.17. The first-order valence-electron chi connectivity index (χ1n) is 8.21. The largest absolute Gasteiger partial charge is 0.350 e. The second-order valence-corrected chi connectivity index (χ2v) is 6.90. The number of amides is 1. The van der Waals surface area contributed by atoms with Crippen LogP contribution in [0.15, 0.2) is 72.1 Å². The SMILES string of the molecule is C[C@H](CCc1ccccc1)NC(=O)c1ccc(-c2cccs2)cc1. The van der Waals surface area contributed by atoms with Crippen molar-refractivity contribution in [1.29, 1.82) is 0 Å². The Morgan fingerprint density at radius 3 is 2.42 bits per heavy atom. The zero-order valence-corrected chi connectivity index (χ0v) is 14.6. The van der Waals surface area contributed by atoms with Gasteiger partial charge in [-0.25, -0.2) is 0 Å². The fraction of sp³-hybridized carbons (Fsp3) is 0.190. The van der Waals surface area contributed by atoms with Gasteiger partial charge in [0, 0.05) is 16.5 Å². The van der Waals surface area contributed by atoms with E-state index in [9.17, 15) is 4.79 Å². The van der Waals surface area contributed by atoms with E-state index in [0.717, 1.165) is 18.4 Å². The van der Waals surface area contributed by atoms with Crippen molar-refractivity contribution in [2.45, 2.75) is 25.8 Å². The molecule has 0 bridgehead atoms. The highest BCUT2D eigenvalue weighted by atomic mass is 32.1. The highest BCUT2D eigenvalue weighted by molar-refractivity contribution is 7.13. The van der Waals surface area contributed by atoms with Crippen molar-refractivity contribution in [3.8, 4) is 10.4 Å². The van der Waals surface area contributed by atoms with Crippen LogP contribution in [0.2, 0.25) is 0 Å². The molecule has 1 aromatic heterocycles. The molecule has 1 heterocycles. The van der Waals surface area contributed by atoms with Crippen LogP contribution in [0.3, 0.4) is 0 Å². The summed E-state index contributed by atoms with van der Waals surface area (Å²) >= 11 is 1.70. The maximum atomic E-state index is 12.4. The van der Waals surface area contributed by atoms with Crippen molar-refractivity contribution in [1.82, 2.24) is 5.32 Å². The molecule has 1 N–H and O–H groups in total. The number of aryl methyl sites for hydroxylation is 1. The first kappa shape index (κ1) is 16.5. The van der Waals surface area contributed by atoms with Gasteiger partial charge in [-0.15, -0.1) is 11.3 Å². The standard InChI is InChI=1S/C21H21NOS/c1-16(9-10-17-6-3-2-4-7-17)22-21(23)19-13-11-18(12-14-19)20-8-5-15-24-20/h2-8,11-16H,9-10H2,1H3,(H,22,23)/t16-/m1/s1. The van der Waals surface area contributed by atoms with E-state index in [4.69, 9.17) is 0 Å². The molecule has 0 aliphatic carbocycles. The van der Waals surface area contributed by atoms with E-state index in [1.165, 1.54) is 10.4 Å². The summed E-state index contributed by atoms with van der Waals surface area (Å²) in [7, 11) is 0. The Morgan fingerprint density at radius 2 is 1.75 bits per heavy atom. The van der Waals surface area contributed by atoms with Crippen LogP contribution in [0.1, 0.15) is 29.3 Å². The number of hydrogen-bond acceptors (Lipinski definition) is 2. The van der Waals surface area contributed by atoms with Gasteiger partial charge in [0.15, 0.2) is 0 Å². The van der Waals surface area contributed by atoms with E-state index in [1.54, 1.807) is 11.3 Å². The Hall–Kier alpha value is -2.39. The molecule has 0 fully saturated rings. The molecule has 3 rings (SSSR count). The van der Waals surface area contributed by atoms with Gasteiger partial charge in [0.2, 0.25) is 0 Å². The zero-order valence-electron chi connectivity index (χ0n) is 13.7. The lowest BCUT2D eigenvalue weighted by atomic mass is 10.1. The number of carbonyl (C=O) groups is 1. The van der Waals surface area contributed by atoms with Crippen molar-refractivity contribution in [2.75, 3.05) is 0 Å². The molecule has 24 heavy (non-hydrogen) atoms.